The largest absolute Gasteiger partial charge is 0.383 e. The highest BCUT2D eigenvalue weighted by molar-refractivity contribution is 6.30. The highest BCUT2D eigenvalue weighted by Gasteiger charge is 2.23. The molecule has 2 heterocycles. The Balaban J connectivity index is 1.92. The molecule has 0 spiro atoms. The number of hydrogen-bond acceptors (Lipinski definition) is 5. The summed E-state index contributed by atoms with van der Waals surface area (Å²) < 4.78 is 1.42. The van der Waals surface area contributed by atoms with Crippen LogP contribution < -0.4 is 11.1 Å². The quantitative estimate of drug-likeness (QED) is 0.392. The molecular weight excluding hydrogens is 388 g/mol. The molecule has 2 aromatic carbocycles. The lowest BCUT2D eigenvalue weighted by Crippen LogP contribution is -2.24. The first kappa shape index (κ1) is 18.6. The van der Waals surface area contributed by atoms with Gasteiger partial charge in [-0.05, 0) is 29.8 Å². The Morgan fingerprint density at radius 3 is 2.69 bits per heavy atom. The SMILES string of the molecule is C=CCNC(=O)c1c(N)n(N=Cc2cccc(Cl)c2)c2nc3ccccc3nc12. The van der Waals surface area contributed by atoms with Crippen molar-refractivity contribution in [2.75, 3.05) is 12.3 Å². The fourth-order valence-corrected chi connectivity index (χ4v) is 3.15. The van der Waals surface area contributed by atoms with Gasteiger partial charge in [-0.1, -0.05) is 41.9 Å². The van der Waals surface area contributed by atoms with Crippen molar-refractivity contribution in [1.29, 1.82) is 0 Å². The number of anilines is 1. The average Bonchev–Trinajstić information content (AvgIpc) is 2.99. The van der Waals surface area contributed by atoms with Crippen LogP contribution in [-0.2, 0) is 0 Å². The summed E-state index contributed by atoms with van der Waals surface area (Å²) >= 11 is 6.04. The number of aromatic nitrogens is 3. The number of rotatable bonds is 5. The van der Waals surface area contributed by atoms with Gasteiger partial charge in [-0.15, -0.1) is 6.58 Å². The summed E-state index contributed by atoms with van der Waals surface area (Å²) in [6.45, 7) is 3.92. The second-order valence-electron chi connectivity index (χ2n) is 6.25. The third-order valence-electron chi connectivity index (χ3n) is 4.28. The number of nitrogen functional groups attached to an aromatic ring is 1. The molecule has 7 nitrogen and oxygen atoms in total. The molecule has 1 amide bonds. The zero-order valence-corrected chi connectivity index (χ0v) is 16.1. The number of nitrogens with two attached hydrogens (primary N) is 1. The Hall–Kier alpha value is -3.71. The number of amides is 1. The van der Waals surface area contributed by atoms with Gasteiger partial charge in [0.05, 0.1) is 17.2 Å². The molecule has 0 fully saturated rings. The van der Waals surface area contributed by atoms with Crippen molar-refractivity contribution in [3.63, 3.8) is 0 Å². The minimum Gasteiger partial charge on any atom is -0.383 e. The van der Waals surface area contributed by atoms with Crippen molar-refractivity contribution < 1.29 is 4.79 Å². The molecule has 0 unspecified atom stereocenters. The van der Waals surface area contributed by atoms with Gasteiger partial charge in [0, 0.05) is 11.6 Å². The number of nitrogens with zero attached hydrogens (tertiary/aromatic N) is 4. The van der Waals surface area contributed by atoms with Crippen LogP contribution in [0.1, 0.15) is 15.9 Å². The minimum atomic E-state index is -0.367. The smallest absolute Gasteiger partial charge is 0.257 e. The molecule has 0 aliphatic carbocycles. The monoisotopic (exact) mass is 404 g/mol. The fourth-order valence-electron chi connectivity index (χ4n) is 2.95. The van der Waals surface area contributed by atoms with Crippen LogP contribution in [0.5, 0.6) is 0 Å². The standard InChI is InChI=1S/C21H17ClN6O/c1-2-10-24-21(29)17-18-20(27-16-9-4-3-8-15(16)26-18)28(19(17)23)25-12-13-6-5-7-14(22)11-13/h2-9,11-12H,1,10,23H2,(H,24,29). The van der Waals surface area contributed by atoms with Gasteiger partial charge in [0.25, 0.3) is 5.91 Å². The highest BCUT2D eigenvalue weighted by Crippen LogP contribution is 2.27. The van der Waals surface area contributed by atoms with Gasteiger partial charge < -0.3 is 11.1 Å². The van der Waals surface area contributed by atoms with Crippen LogP contribution in [0.25, 0.3) is 22.2 Å². The third-order valence-corrected chi connectivity index (χ3v) is 4.51. The highest BCUT2D eigenvalue weighted by atomic mass is 35.5. The molecule has 0 aliphatic rings. The second-order valence-corrected chi connectivity index (χ2v) is 6.69. The zero-order chi connectivity index (χ0) is 20.4. The van der Waals surface area contributed by atoms with E-state index in [1.54, 1.807) is 24.4 Å². The van der Waals surface area contributed by atoms with E-state index in [0.29, 0.717) is 33.8 Å². The Morgan fingerprint density at radius 1 is 1.21 bits per heavy atom. The first-order valence-corrected chi connectivity index (χ1v) is 9.22. The van der Waals surface area contributed by atoms with Crippen LogP contribution in [-0.4, -0.2) is 33.3 Å². The summed E-state index contributed by atoms with van der Waals surface area (Å²) in [5, 5.41) is 7.77. The number of fused-ring (bicyclic) bond motifs is 2. The summed E-state index contributed by atoms with van der Waals surface area (Å²) in [6.07, 6.45) is 3.19. The second kappa shape index (κ2) is 7.73. The molecule has 4 rings (SSSR count). The van der Waals surface area contributed by atoms with Crippen LogP contribution in [0.3, 0.4) is 0 Å². The van der Waals surface area contributed by atoms with Crippen LogP contribution in [0.15, 0.2) is 66.3 Å². The molecule has 0 radical (unpaired) electrons. The number of para-hydroxylation sites is 2. The average molecular weight is 405 g/mol. The number of benzene rings is 2. The zero-order valence-electron chi connectivity index (χ0n) is 15.3. The van der Waals surface area contributed by atoms with Gasteiger partial charge in [0.2, 0.25) is 0 Å². The molecule has 4 aromatic rings. The van der Waals surface area contributed by atoms with Crippen molar-refractivity contribution in [3.05, 3.63) is 77.3 Å². The van der Waals surface area contributed by atoms with E-state index in [2.05, 4.69) is 27.0 Å². The summed E-state index contributed by atoms with van der Waals surface area (Å²) in [4.78, 5) is 22.0. The summed E-state index contributed by atoms with van der Waals surface area (Å²) in [6, 6.07) is 14.6. The normalized spacial score (nSPS) is 11.3. The van der Waals surface area contributed by atoms with E-state index >= 15 is 0 Å². The number of halogens is 1. The molecule has 8 heteroatoms. The molecule has 0 saturated carbocycles. The maximum absolute atomic E-state index is 12.7. The molecule has 0 saturated heterocycles. The molecule has 144 valence electrons. The Bertz CT molecular complexity index is 1280. The lowest BCUT2D eigenvalue weighted by atomic mass is 10.2. The van der Waals surface area contributed by atoms with E-state index in [9.17, 15) is 4.79 Å². The molecular formula is C21H17ClN6O. The lowest BCUT2D eigenvalue weighted by molar-refractivity contribution is 0.0960. The molecule has 0 aliphatic heterocycles. The van der Waals surface area contributed by atoms with Crippen molar-refractivity contribution in [1.82, 2.24) is 20.0 Å². The third kappa shape index (κ3) is 3.55. The lowest BCUT2D eigenvalue weighted by Gasteiger charge is -2.02. The maximum atomic E-state index is 12.7. The van der Waals surface area contributed by atoms with E-state index in [0.717, 1.165) is 5.56 Å². The van der Waals surface area contributed by atoms with Crippen LogP contribution in [0, 0.1) is 0 Å². The summed E-state index contributed by atoms with van der Waals surface area (Å²) in [5.41, 5.74) is 9.42. The van der Waals surface area contributed by atoms with Crippen molar-refractivity contribution in [3.8, 4) is 0 Å². The predicted molar refractivity (Wildman–Crippen MR) is 116 cm³/mol. The van der Waals surface area contributed by atoms with E-state index in [4.69, 9.17) is 17.3 Å². The van der Waals surface area contributed by atoms with Crippen molar-refractivity contribution in [2.45, 2.75) is 0 Å². The van der Waals surface area contributed by atoms with Gasteiger partial charge in [-0.3, -0.25) is 4.79 Å². The van der Waals surface area contributed by atoms with Gasteiger partial charge in [-0.2, -0.15) is 9.78 Å². The van der Waals surface area contributed by atoms with E-state index < -0.39 is 0 Å². The number of nitrogens with one attached hydrogen (secondary N) is 1. The maximum Gasteiger partial charge on any atom is 0.257 e. The van der Waals surface area contributed by atoms with Gasteiger partial charge in [-0.25, -0.2) is 9.97 Å². The van der Waals surface area contributed by atoms with E-state index in [-0.39, 0.29) is 17.3 Å². The summed E-state index contributed by atoms with van der Waals surface area (Å²) in [7, 11) is 0. The topological polar surface area (TPSA) is 98.2 Å². The molecule has 29 heavy (non-hydrogen) atoms. The molecule has 0 atom stereocenters. The van der Waals surface area contributed by atoms with Crippen molar-refractivity contribution in [2.24, 2.45) is 5.10 Å². The summed E-state index contributed by atoms with van der Waals surface area (Å²) in [5.74, 6) is -0.219. The molecule has 2 aromatic heterocycles. The van der Waals surface area contributed by atoms with Crippen LogP contribution in [0.2, 0.25) is 5.02 Å². The number of hydrogen-bond donors (Lipinski definition) is 2. The molecule has 0 bridgehead atoms. The van der Waals surface area contributed by atoms with E-state index in [1.165, 1.54) is 4.68 Å². The Morgan fingerprint density at radius 2 is 1.97 bits per heavy atom. The van der Waals surface area contributed by atoms with Crippen LogP contribution >= 0.6 is 11.6 Å². The number of carbonyl (C=O) groups is 1. The van der Waals surface area contributed by atoms with Crippen molar-refractivity contribution >= 4 is 51.7 Å². The van der Waals surface area contributed by atoms with Gasteiger partial charge in [0.15, 0.2) is 5.65 Å². The molecule has 3 N–H and O–H groups in total. The number of carbonyl (C=O) groups excluding carboxylic acids is 1. The minimum absolute atomic E-state index is 0.148. The van der Waals surface area contributed by atoms with Gasteiger partial charge in [0.1, 0.15) is 16.9 Å². The predicted octanol–water partition coefficient (Wildman–Crippen LogP) is 3.62. The van der Waals surface area contributed by atoms with Gasteiger partial charge >= 0.3 is 0 Å². The fraction of sp³-hybridized carbons (Fsp3) is 0.0476. The Kier molecular flexibility index (Phi) is 4.97. The van der Waals surface area contributed by atoms with E-state index in [1.807, 2.05) is 36.4 Å². The van der Waals surface area contributed by atoms with Crippen LogP contribution in [0.4, 0.5) is 5.82 Å². The Labute approximate surface area is 171 Å². The first-order valence-electron chi connectivity index (χ1n) is 8.84. The first-order chi connectivity index (χ1) is 14.1.